The Bertz CT molecular complexity index is 834. The average molecular weight is 370 g/mol. The fourth-order valence-corrected chi connectivity index (χ4v) is 2.31. The summed E-state index contributed by atoms with van der Waals surface area (Å²) in [4.78, 5) is 40.3. The number of carbonyl (C=O) groups is 3. The van der Waals surface area contributed by atoms with E-state index in [2.05, 4.69) is 15.6 Å². The van der Waals surface area contributed by atoms with Crippen LogP contribution in [0.1, 0.15) is 34.7 Å². The number of nitrogens with zero attached hydrogens (tertiary/aromatic N) is 1. The third-order valence-electron chi connectivity index (χ3n) is 3.88. The SMILES string of the molecule is COC(=O)C(NC(=O)c1ccc(C(=O)Nc2ccccc2N)nc1)C(C)C. The van der Waals surface area contributed by atoms with Gasteiger partial charge >= 0.3 is 5.97 Å². The lowest BCUT2D eigenvalue weighted by Gasteiger charge is -2.19. The van der Waals surface area contributed by atoms with Gasteiger partial charge in [0.1, 0.15) is 11.7 Å². The van der Waals surface area contributed by atoms with Gasteiger partial charge in [-0.1, -0.05) is 26.0 Å². The largest absolute Gasteiger partial charge is 0.467 e. The molecule has 1 heterocycles. The Morgan fingerprint density at radius 1 is 1.07 bits per heavy atom. The quantitative estimate of drug-likeness (QED) is 0.527. The number of amides is 2. The molecule has 0 spiro atoms. The highest BCUT2D eigenvalue weighted by molar-refractivity contribution is 6.05. The number of nitrogens with two attached hydrogens (primary N) is 1. The minimum atomic E-state index is -0.772. The van der Waals surface area contributed by atoms with Gasteiger partial charge in [0.05, 0.1) is 24.0 Å². The van der Waals surface area contributed by atoms with Crippen molar-refractivity contribution in [3.8, 4) is 0 Å². The van der Waals surface area contributed by atoms with Crippen LogP contribution in [0.25, 0.3) is 0 Å². The van der Waals surface area contributed by atoms with Crippen molar-refractivity contribution < 1.29 is 19.1 Å². The molecule has 27 heavy (non-hydrogen) atoms. The Balaban J connectivity index is 2.07. The fourth-order valence-electron chi connectivity index (χ4n) is 2.31. The zero-order valence-corrected chi connectivity index (χ0v) is 15.4. The highest BCUT2D eigenvalue weighted by Gasteiger charge is 2.25. The third-order valence-corrected chi connectivity index (χ3v) is 3.88. The zero-order chi connectivity index (χ0) is 20.0. The second-order valence-corrected chi connectivity index (χ2v) is 6.19. The first kappa shape index (κ1) is 19.9. The molecule has 4 N–H and O–H groups in total. The van der Waals surface area contributed by atoms with Crippen LogP contribution in [0.4, 0.5) is 11.4 Å². The molecule has 1 unspecified atom stereocenters. The molecule has 0 aliphatic carbocycles. The lowest BCUT2D eigenvalue weighted by atomic mass is 10.0. The van der Waals surface area contributed by atoms with Gasteiger partial charge in [0.25, 0.3) is 11.8 Å². The van der Waals surface area contributed by atoms with E-state index in [1.54, 1.807) is 38.1 Å². The van der Waals surface area contributed by atoms with E-state index in [-0.39, 0.29) is 17.2 Å². The number of esters is 1. The predicted octanol–water partition coefficient (Wildman–Crippen LogP) is 1.84. The molecule has 0 saturated carbocycles. The summed E-state index contributed by atoms with van der Waals surface area (Å²) in [5, 5.41) is 5.27. The molecule has 8 nitrogen and oxygen atoms in total. The van der Waals surface area contributed by atoms with Crippen molar-refractivity contribution in [3.63, 3.8) is 0 Å². The Kier molecular flexibility index (Phi) is 6.48. The van der Waals surface area contributed by atoms with Gasteiger partial charge in [-0.25, -0.2) is 4.79 Å². The van der Waals surface area contributed by atoms with Crippen LogP contribution in [0.2, 0.25) is 0 Å². The summed E-state index contributed by atoms with van der Waals surface area (Å²) in [6, 6.07) is 8.96. The van der Waals surface area contributed by atoms with Crippen molar-refractivity contribution >= 4 is 29.2 Å². The maximum absolute atomic E-state index is 12.3. The molecule has 8 heteroatoms. The van der Waals surface area contributed by atoms with E-state index in [4.69, 9.17) is 10.5 Å². The number of carbonyl (C=O) groups excluding carboxylic acids is 3. The van der Waals surface area contributed by atoms with Gasteiger partial charge in [0.15, 0.2) is 0 Å². The molecule has 0 fully saturated rings. The van der Waals surface area contributed by atoms with E-state index in [1.807, 2.05) is 0 Å². The van der Waals surface area contributed by atoms with Crippen LogP contribution in [0.5, 0.6) is 0 Å². The normalized spacial score (nSPS) is 11.6. The molecule has 0 radical (unpaired) electrons. The Hall–Kier alpha value is -3.42. The van der Waals surface area contributed by atoms with Gasteiger partial charge in [0, 0.05) is 6.20 Å². The highest BCUT2D eigenvalue weighted by atomic mass is 16.5. The maximum Gasteiger partial charge on any atom is 0.328 e. The Morgan fingerprint density at radius 3 is 2.33 bits per heavy atom. The number of ether oxygens (including phenoxy) is 1. The van der Waals surface area contributed by atoms with E-state index in [0.717, 1.165) is 0 Å². The average Bonchev–Trinajstić information content (AvgIpc) is 2.67. The van der Waals surface area contributed by atoms with Crippen LogP contribution < -0.4 is 16.4 Å². The van der Waals surface area contributed by atoms with Gasteiger partial charge in [0.2, 0.25) is 0 Å². The van der Waals surface area contributed by atoms with Crippen molar-refractivity contribution in [1.82, 2.24) is 10.3 Å². The van der Waals surface area contributed by atoms with E-state index in [1.165, 1.54) is 25.4 Å². The molecule has 1 aromatic carbocycles. The first-order chi connectivity index (χ1) is 12.8. The van der Waals surface area contributed by atoms with Crippen molar-refractivity contribution in [1.29, 1.82) is 0 Å². The standard InChI is InChI=1S/C19H22N4O4/c1-11(2)16(19(26)27-3)23-17(24)12-8-9-15(21-10-12)18(25)22-14-7-5-4-6-13(14)20/h4-11,16H,20H2,1-3H3,(H,22,25)(H,23,24). The number of hydrogen-bond acceptors (Lipinski definition) is 6. The lowest BCUT2D eigenvalue weighted by Crippen LogP contribution is -2.45. The fraction of sp³-hybridized carbons (Fsp3) is 0.263. The molecule has 142 valence electrons. The Morgan fingerprint density at radius 2 is 1.78 bits per heavy atom. The summed E-state index contributed by atoms with van der Waals surface area (Å²) in [5.41, 5.74) is 7.05. The Labute approximate surface area is 157 Å². The van der Waals surface area contributed by atoms with Crippen LogP contribution in [0.3, 0.4) is 0 Å². The molecule has 0 bridgehead atoms. The number of benzene rings is 1. The van der Waals surface area contributed by atoms with Gasteiger partial charge < -0.3 is 21.1 Å². The number of methoxy groups -OCH3 is 1. The molecule has 2 rings (SSSR count). The highest BCUT2D eigenvalue weighted by Crippen LogP contribution is 2.17. The molecular weight excluding hydrogens is 348 g/mol. The van der Waals surface area contributed by atoms with Gasteiger partial charge in [-0.3, -0.25) is 14.6 Å². The summed E-state index contributed by atoms with van der Waals surface area (Å²) >= 11 is 0. The number of rotatable bonds is 6. The first-order valence-corrected chi connectivity index (χ1v) is 8.34. The molecule has 0 saturated heterocycles. The molecule has 2 aromatic rings. The number of pyridine rings is 1. The summed E-state index contributed by atoms with van der Waals surface area (Å²) in [6.07, 6.45) is 1.27. The molecule has 0 aliphatic heterocycles. The second kappa shape index (κ2) is 8.79. The van der Waals surface area contributed by atoms with Crippen LogP contribution in [-0.4, -0.2) is 35.9 Å². The van der Waals surface area contributed by atoms with E-state index in [0.29, 0.717) is 11.4 Å². The lowest BCUT2D eigenvalue weighted by molar-refractivity contribution is -0.144. The predicted molar refractivity (Wildman–Crippen MR) is 101 cm³/mol. The molecule has 1 aromatic heterocycles. The number of nitrogens with one attached hydrogen (secondary N) is 2. The van der Waals surface area contributed by atoms with Crippen molar-refractivity contribution in [3.05, 3.63) is 53.9 Å². The van der Waals surface area contributed by atoms with Crippen molar-refractivity contribution in [2.45, 2.75) is 19.9 Å². The molecule has 1 atom stereocenters. The smallest absolute Gasteiger partial charge is 0.328 e. The van der Waals surface area contributed by atoms with Crippen molar-refractivity contribution in [2.24, 2.45) is 5.92 Å². The van der Waals surface area contributed by atoms with Gasteiger partial charge in [-0.2, -0.15) is 0 Å². The number of anilines is 2. The third kappa shape index (κ3) is 5.04. The number of nitrogen functional groups attached to an aromatic ring is 1. The first-order valence-electron chi connectivity index (χ1n) is 8.34. The molecule has 2 amide bonds. The summed E-state index contributed by atoms with van der Waals surface area (Å²) < 4.78 is 4.69. The number of hydrogen-bond donors (Lipinski definition) is 3. The maximum atomic E-state index is 12.3. The summed E-state index contributed by atoms with van der Waals surface area (Å²) in [5.74, 6) is -1.60. The molecule has 0 aliphatic rings. The van der Waals surface area contributed by atoms with Gasteiger partial charge in [-0.15, -0.1) is 0 Å². The summed E-state index contributed by atoms with van der Waals surface area (Å²) in [7, 11) is 1.26. The minimum Gasteiger partial charge on any atom is -0.467 e. The van der Waals surface area contributed by atoms with Crippen LogP contribution >= 0.6 is 0 Å². The zero-order valence-electron chi connectivity index (χ0n) is 15.4. The van der Waals surface area contributed by atoms with Crippen LogP contribution in [-0.2, 0) is 9.53 Å². The van der Waals surface area contributed by atoms with Crippen LogP contribution in [0.15, 0.2) is 42.6 Å². The summed E-state index contributed by atoms with van der Waals surface area (Å²) in [6.45, 7) is 3.59. The second-order valence-electron chi connectivity index (χ2n) is 6.19. The van der Waals surface area contributed by atoms with E-state index >= 15 is 0 Å². The van der Waals surface area contributed by atoms with E-state index < -0.39 is 23.8 Å². The van der Waals surface area contributed by atoms with Crippen molar-refractivity contribution in [2.75, 3.05) is 18.2 Å². The number of para-hydroxylation sites is 2. The molecular formula is C19H22N4O4. The monoisotopic (exact) mass is 370 g/mol. The van der Waals surface area contributed by atoms with E-state index in [9.17, 15) is 14.4 Å². The minimum absolute atomic E-state index is 0.128. The van der Waals surface area contributed by atoms with Crippen LogP contribution in [0, 0.1) is 5.92 Å². The van der Waals surface area contributed by atoms with Gasteiger partial charge in [-0.05, 0) is 30.2 Å². The topological polar surface area (TPSA) is 123 Å². The number of aromatic nitrogens is 1.